The molecule has 0 bridgehead atoms. The van der Waals surface area contributed by atoms with E-state index < -0.39 is 0 Å². The van der Waals surface area contributed by atoms with E-state index in [4.69, 9.17) is 28.2 Å². The first kappa shape index (κ1) is 19.7. The number of aryl methyl sites for hydroxylation is 2. The molecule has 1 saturated carbocycles. The number of hydrogen-bond donors (Lipinski definition) is 0. The molecule has 1 unspecified atom stereocenters. The number of aromatic nitrogens is 3. The Morgan fingerprint density at radius 3 is 2.71 bits per heavy atom. The fraction of sp³-hybridized carbons (Fsp3) is 0.429. The molecule has 1 aliphatic rings. The van der Waals surface area contributed by atoms with E-state index in [1.807, 2.05) is 24.7 Å². The molecule has 1 atom stereocenters. The van der Waals surface area contributed by atoms with Gasteiger partial charge in [-0.15, -0.1) is 11.3 Å². The summed E-state index contributed by atoms with van der Waals surface area (Å²) in [6, 6.07) is 5.92. The van der Waals surface area contributed by atoms with Crippen LogP contribution in [0.25, 0.3) is 11.3 Å². The minimum absolute atomic E-state index is 0.312. The third kappa shape index (κ3) is 3.80. The molecule has 2 heterocycles. The Bertz CT molecular complexity index is 977. The summed E-state index contributed by atoms with van der Waals surface area (Å²) in [5.74, 6) is 0.661. The lowest BCUT2D eigenvalue weighted by Crippen LogP contribution is -2.32. The van der Waals surface area contributed by atoms with Gasteiger partial charge in [-0.25, -0.2) is 9.97 Å². The first-order valence-electron chi connectivity index (χ1n) is 9.65. The monoisotopic (exact) mass is 434 g/mol. The second-order valence-electron chi connectivity index (χ2n) is 7.43. The molecule has 0 spiro atoms. The third-order valence-corrected chi connectivity index (χ3v) is 6.80. The van der Waals surface area contributed by atoms with Gasteiger partial charge in [0.05, 0.1) is 35.0 Å². The molecule has 1 aliphatic carbocycles. The largest absolute Gasteiger partial charge is 0.339 e. The van der Waals surface area contributed by atoms with Gasteiger partial charge in [-0.2, -0.15) is 0 Å². The van der Waals surface area contributed by atoms with Gasteiger partial charge in [0, 0.05) is 29.1 Å². The van der Waals surface area contributed by atoms with Gasteiger partial charge in [0.25, 0.3) is 0 Å². The highest BCUT2D eigenvalue weighted by Crippen LogP contribution is 2.47. The van der Waals surface area contributed by atoms with Gasteiger partial charge in [-0.3, -0.25) is 0 Å². The molecule has 7 heteroatoms. The van der Waals surface area contributed by atoms with Gasteiger partial charge < -0.3 is 9.47 Å². The summed E-state index contributed by atoms with van der Waals surface area (Å²) >= 11 is 14.3. The van der Waals surface area contributed by atoms with Crippen molar-refractivity contribution in [3.05, 3.63) is 51.3 Å². The number of thiazole rings is 1. The number of benzene rings is 1. The topological polar surface area (TPSA) is 34.0 Å². The third-order valence-electron chi connectivity index (χ3n) is 5.24. The summed E-state index contributed by atoms with van der Waals surface area (Å²) in [6.07, 6.45) is 7.48. The zero-order chi connectivity index (χ0) is 19.8. The van der Waals surface area contributed by atoms with Crippen molar-refractivity contribution in [1.82, 2.24) is 14.5 Å². The van der Waals surface area contributed by atoms with E-state index >= 15 is 0 Å². The van der Waals surface area contributed by atoms with Gasteiger partial charge >= 0.3 is 0 Å². The maximum absolute atomic E-state index is 6.47. The fourth-order valence-corrected chi connectivity index (χ4v) is 5.23. The number of hydrogen-bond acceptors (Lipinski definition) is 4. The average Bonchev–Trinajstić information content (AvgIpc) is 3.29. The molecular weight excluding hydrogens is 411 g/mol. The molecule has 0 saturated heterocycles. The summed E-state index contributed by atoms with van der Waals surface area (Å²) in [5.41, 5.74) is 3.14. The fourth-order valence-electron chi connectivity index (χ4n) is 3.75. The molecule has 148 valence electrons. The molecule has 4 nitrogen and oxygen atoms in total. The molecular formula is C21H24Cl2N4S. The molecule has 0 radical (unpaired) electrons. The van der Waals surface area contributed by atoms with E-state index in [-0.39, 0.29) is 0 Å². The number of anilines is 1. The van der Waals surface area contributed by atoms with Crippen LogP contribution >= 0.6 is 34.5 Å². The summed E-state index contributed by atoms with van der Waals surface area (Å²) < 4.78 is 2.14. The SMILES string of the molecule is CCCN(c1nc(-c2ccc(Cl)cc2Cl)c(C)s1)C(c1cncn1C)C1CC1. The predicted molar refractivity (Wildman–Crippen MR) is 119 cm³/mol. The van der Waals surface area contributed by atoms with E-state index in [1.54, 1.807) is 17.4 Å². The Balaban J connectivity index is 1.75. The van der Waals surface area contributed by atoms with Crippen LogP contribution in [0.2, 0.25) is 10.0 Å². The van der Waals surface area contributed by atoms with E-state index in [0.717, 1.165) is 29.4 Å². The number of nitrogens with zero attached hydrogens (tertiary/aromatic N) is 4. The Morgan fingerprint density at radius 1 is 1.32 bits per heavy atom. The van der Waals surface area contributed by atoms with Crippen molar-refractivity contribution in [2.45, 2.75) is 39.2 Å². The maximum atomic E-state index is 6.47. The maximum Gasteiger partial charge on any atom is 0.186 e. The normalized spacial score (nSPS) is 15.0. The van der Waals surface area contributed by atoms with E-state index in [2.05, 4.69) is 35.3 Å². The first-order valence-corrected chi connectivity index (χ1v) is 11.2. The van der Waals surface area contributed by atoms with Crippen LogP contribution in [-0.2, 0) is 7.05 Å². The second-order valence-corrected chi connectivity index (χ2v) is 9.46. The summed E-state index contributed by atoms with van der Waals surface area (Å²) in [4.78, 5) is 13.1. The lowest BCUT2D eigenvalue weighted by Gasteiger charge is -2.31. The summed E-state index contributed by atoms with van der Waals surface area (Å²) in [7, 11) is 2.08. The molecule has 1 aromatic carbocycles. The highest BCUT2D eigenvalue weighted by Gasteiger charge is 2.39. The van der Waals surface area contributed by atoms with Crippen molar-refractivity contribution in [1.29, 1.82) is 0 Å². The van der Waals surface area contributed by atoms with E-state index in [1.165, 1.54) is 23.4 Å². The van der Waals surface area contributed by atoms with Crippen LogP contribution in [0.3, 0.4) is 0 Å². The van der Waals surface area contributed by atoms with Crippen molar-refractivity contribution in [2.24, 2.45) is 13.0 Å². The van der Waals surface area contributed by atoms with Crippen molar-refractivity contribution in [2.75, 3.05) is 11.4 Å². The van der Waals surface area contributed by atoms with Crippen LogP contribution in [0.5, 0.6) is 0 Å². The minimum Gasteiger partial charge on any atom is -0.339 e. The quantitative estimate of drug-likeness (QED) is 0.423. The van der Waals surface area contributed by atoms with Gasteiger partial charge in [-0.05, 0) is 50.3 Å². The van der Waals surface area contributed by atoms with E-state index in [0.29, 0.717) is 22.0 Å². The van der Waals surface area contributed by atoms with Gasteiger partial charge in [0.1, 0.15) is 0 Å². The van der Waals surface area contributed by atoms with Crippen LogP contribution in [0.15, 0.2) is 30.7 Å². The Morgan fingerprint density at radius 2 is 2.11 bits per heavy atom. The average molecular weight is 435 g/mol. The van der Waals surface area contributed by atoms with Crippen LogP contribution < -0.4 is 4.90 Å². The van der Waals surface area contributed by atoms with Crippen LogP contribution in [0, 0.1) is 12.8 Å². The van der Waals surface area contributed by atoms with Gasteiger partial charge in [-0.1, -0.05) is 30.1 Å². The van der Waals surface area contributed by atoms with Crippen LogP contribution in [0.4, 0.5) is 5.13 Å². The molecule has 1 fully saturated rings. The van der Waals surface area contributed by atoms with Crippen LogP contribution in [0.1, 0.15) is 42.8 Å². The van der Waals surface area contributed by atoms with E-state index in [9.17, 15) is 0 Å². The molecule has 0 N–H and O–H groups in total. The smallest absolute Gasteiger partial charge is 0.186 e. The lowest BCUT2D eigenvalue weighted by atomic mass is 10.1. The minimum atomic E-state index is 0.312. The Kier molecular flexibility index (Phi) is 5.68. The van der Waals surface area contributed by atoms with Crippen molar-refractivity contribution in [3.8, 4) is 11.3 Å². The molecule has 28 heavy (non-hydrogen) atoms. The number of halogens is 2. The Hall–Kier alpha value is -1.56. The molecule has 2 aromatic heterocycles. The standard InChI is InChI=1S/C21H24Cl2N4S/c1-4-9-27(20(14-5-6-14)18-11-24-12-26(18)3)21-25-19(13(2)28-21)16-8-7-15(22)10-17(16)23/h7-8,10-12,14,20H,4-6,9H2,1-3H3. The van der Waals surface area contributed by atoms with Crippen molar-refractivity contribution in [3.63, 3.8) is 0 Å². The zero-order valence-corrected chi connectivity index (χ0v) is 18.7. The van der Waals surface area contributed by atoms with Crippen molar-refractivity contribution >= 4 is 39.7 Å². The summed E-state index contributed by atoms with van der Waals surface area (Å²) in [6.45, 7) is 5.30. The van der Waals surface area contributed by atoms with Gasteiger partial charge in [0.15, 0.2) is 5.13 Å². The predicted octanol–water partition coefficient (Wildman–Crippen LogP) is 6.53. The molecule has 4 rings (SSSR count). The Labute approximate surface area is 180 Å². The summed E-state index contributed by atoms with van der Waals surface area (Å²) in [5, 5.41) is 2.33. The molecule has 0 aliphatic heterocycles. The van der Waals surface area contributed by atoms with Crippen molar-refractivity contribution < 1.29 is 0 Å². The highest BCUT2D eigenvalue weighted by atomic mass is 35.5. The molecule has 0 amide bonds. The lowest BCUT2D eigenvalue weighted by molar-refractivity contribution is 0.523. The number of imidazole rings is 1. The van der Waals surface area contributed by atoms with Gasteiger partial charge in [0.2, 0.25) is 0 Å². The molecule has 3 aromatic rings. The zero-order valence-electron chi connectivity index (χ0n) is 16.3. The first-order chi connectivity index (χ1) is 13.5. The van der Waals surface area contributed by atoms with Crippen LogP contribution in [-0.4, -0.2) is 21.1 Å². The second kappa shape index (κ2) is 8.05. The number of rotatable bonds is 7. The highest BCUT2D eigenvalue weighted by molar-refractivity contribution is 7.16.